The van der Waals surface area contributed by atoms with E-state index in [4.69, 9.17) is 11.6 Å². The van der Waals surface area contributed by atoms with E-state index in [1.165, 1.54) is 6.42 Å². The largest absolute Gasteiger partial charge is 0.361 e. The van der Waals surface area contributed by atoms with Crippen molar-refractivity contribution in [2.24, 2.45) is 0 Å². The van der Waals surface area contributed by atoms with Crippen LogP contribution in [0.25, 0.3) is 10.9 Å². The van der Waals surface area contributed by atoms with Crippen LogP contribution in [0.1, 0.15) is 65.7 Å². The van der Waals surface area contributed by atoms with Gasteiger partial charge in [-0.25, -0.2) is 4.68 Å². The van der Waals surface area contributed by atoms with Gasteiger partial charge in [-0.15, -0.1) is 0 Å². The number of Topliss-reactive ketones (excluding diaryl/α,β-unsaturated/α-hetero) is 1. The molecule has 0 bridgehead atoms. The first-order chi connectivity index (χ1) is 15.1. The van der Waals surface area contributed by atoms with E-state index in [0.29, 0.717) is 16.3 Å². The summed E-state index contributed by atoms with van der Waals surface area (Å²) in [5.41, 5.74) is 2.93. The van der Waals surface area contributed by atoms with Gasteiger partial charge >= 0.3 is 0 Å². The SMILES string of the molecule is O=C(c1ccc(Cl)cc1)C(c1cc(=O)n(C2CCCCC2)[nH]1)c1c[nH]c2ccccc12. The summed E-state index contributed by atoms with van der Waals surface area (Å²) in [6.45, 7) is 0. The van der Waals surface area contributed by atoms with Crippen LogP contribution in [0.4, 0.5) is 0 Å². The number of nitrogens with zero attached hydrogens (tertiary/aromatic N) is 1. The van der Waals surface area contributed by atoms with Crippen LogP contribution in [-0.2, 0) is 0 Å². The summed E-state index contributed by atoms with van der Waals surface area (Å²) >= 11 is 6.03. The number of rotatable bonds is 5. The molecule has 5 rings (SSSR count). The highest BCUT2D eigenvalue weighted by atomic mass is 35.5. The van der Waals surface area contributed by atoms with E-state index in [1.54, 1.807) is 35.0 Å². The van der Waals surface area contributed by atoms with Gasteiger partial charge in [-0.2, -0.15) is 0 Å². The standard InChI is InChI=1S/C25H24ClN3O2/c26-17-12-10-16(11-13-17)25(31)24(20-15-27-21-9-5-4-8-19(20)21)22-14-23(30)29(28-22)18-6-2-1-3-7-18/h4-5,8-15,18,24,27-28H,1-3,6-7H2. The lowest BCUT2D eigenvalue weighted by Gasteiger charge is -2.22. The molecule has 0 aliphatic heterocycles. The highest BCUT2D eigenvalue weighted by Crippen LogP contribution is 2.34. The molecule has 6 heteroatoms. The maximum absolute atomic E-state index is 13.7. The lowest BCUT2D eigenvalue weighted by Crippen LogP contribution is -2.24. The molecule has 1 atom stereocenters. The minimum absolute atomic E-state index is 0.0709. The second-order valence-corrected chi connectivity index (χ2v) is 8.74. The molecule has 1 aliphatic carbocycles. The number of carbonyl (C=O) groups is 1. The lowest BCUT2D eigenvalue weighted by atomic mass is 9.88. The Kier molecular flexibility index (Phi) is 5.28. The van der Waals surface area contributed by atoms with E-state index in [0.717, 1.165) is 42.1 Å². The number of fused-ring (bicyclic) bond motifs is 1. The molecule has 0 saturated heterocycles. The van der Waals surface area contributed by atoms with Gasteiger partial charge in [0.25, 0.3) is 5.56 Å². The summed E-state index contributed by atoms with van der Waals surface area (Å²) in [6, 6.07) is 16.6. The van der Waals surface area contributed by atoms with Crippen LogP contribution in [0, 0.1) is 0 Å². The van der Waals surface area contributed by atoms with E-state index >= 15 is 0 Å². The van der Waals surface area contributed by atoms with Crippen LogP contribution in [0.15, 0.2) is 65.6 Å². The van der Waals surface area contributed by atoms with Gasteiger partial charge in [-0.05, 0) is 48.7 Å². The van der Waals surface area contributed by atoms with E-state index in [1.807, 2.05) is 30.5 Å². The Labute approximate surface area is 185 Å². The molecule has 2 aromatic carbocycles. The van der Waals surface area contributed by atoms with Crippen LogP contribution < -0.4 is 5.56 Å². The number of H-pyrrole nitrogens is 2. The summed E-state index contributed by atoms with van der Waals surface area (Å²) < 4.78 is 1.73. The molecule has 1 fully saturated rings. The van der Waals surface area contributed by atoms with Gasteiger partial charge in [-0.1, -0.05) is 49.1 Å². The minimum atomic E-state index is -0.616. The molecular formula is C25H24ClN3O2. The number of halogens is 1. The maximum atomic E-state index is 13.7. The molecule has 1 saturated carbocycles. The smallest absolute Gasteiger partial charge is 0.267 e. The Morgan fingerprint density at radius 3 is 2.55 bits per heavy atom. The zero-order valence-corrected chi connectivity index (χ0v) is 17.9. The predicted molar refractivity (Wildman–Crippen MR) is 123 cm³/mol. The second-order valence-electron chi connectivity index (χ2n) is 8.31. The van der Waals surface area contributed by atoms with E-state index in [-0.39, 0.29) is 17.4 Å². The Morgan fingerprint density at radius 1 is 1.03 bits per heavy atom. The topological polar surface area (TPSA) is 70.7 Å². The molecule has 31 heavy (non-hydrogen) atoms. The molecule has 1 unspecified atom stereocenters. The van der Waals surface area contributed by atoms with Gasteiger partial charge in [0, 0.05) is 33.8 Å². The number of para-hydroxylation sites is 1. The van der Waals surface area contributed by atoms with Crippen molar-refractivity contribution in [2.75, 3.05) is 0 Å². The van der Waals surface area contributed by atoms with Gasteiger partial charge in [0.05, 0.1) is 17.7 Å². The van der Waals surface area contributed by atoms with Crippen LogP contribution in [0.5, 0.6) is 0 Å². The Morgan fingerprint density at radius 2 is 1.77 bits per heavy atom. The summed E-state index contributed by atoms with van der Waals surface area (Å²) in [4.78, 5) is 29.8. The van der Waals surface area contributed by atoms with Gasteiger partial charge in [0.2, 0.25) is 0 Å². The van der Waals surface area contributed by atoms with Crippen molar-refractivity contribution in [3.8, 4) is 0 Å². The fourth-order valence-corrected chi connectivity index (χ4v) is 4.88. The molecule has 2 heterocycles. The zero-order chi connectivity index (χ0) is 21.4. The number of carbonyl (C=O) groups excluding carboxylic acids is 1. The van der Waals surface area contributed by atoms with Crippen molar-refractivity contribution < 1.29 is 4.79 Å². The molecule has 5 nitrogen and oxygen atoms in total. The van der Waals surface area contributed by atoms with Crippen molar-refractivity contribution in [1.82, 2.24) is 14.8 Å². The number of aromatic amines is 2. The average Bonchev–Trinajstić information content (AvgIpc) is 3.39. The number of ketones is 1. The lowest BCUT2D eigenvalue weighted by molar-refractivity contribution is 0.0972. The van der Waals surface area contributed by atoms with Gasteiger partial charge in [0.15, 0.2) is 5.78 Å². The average molecular weight is 434 g/mol. The second kappa shape index (κ2) is 8.23. The molecule has 1 aliphatic rings. The fourth-order valence-electron chi connectivity index (χ4n) is 4.75. The van der Waals surface area contributed by atoms with Crippen LogP contribution in [0.3, 0.4) is 0 Å². The fraction of sp³-hybridized carbons (Fsp3) is 0.280. The third kappa shape index (κ3) is 3.74. The molecule has 0 radical (unpaired) electrons. The molecule has 158 valence electrons. The maximum Gasteiger partial charge on any atom is 0.267 e. The van der Waals surface area contributed by atoms with Crippen LogP contribution >= 0.6 is 11.6 Å². The minimum Gasteiger partial charge on any atom is -0.361 e. The first kappa shape index (κ1) is 19.9. The summed E-state index contributed by atoms with van der Waals surface area (Å²) in [6.07, 6.45) is 7.32. The monoisotopic (exact) mass is 433 g/mol. The predicted octanol–water partition coefficient (Wildman–Crippen LogP) is 5.83. The highest BCUT2D eigenvalue weighted by molar-refractivity contribution is 6.30. The molecular weight excluding hydrogens is 410 g/mol. The number of hydrogen-bond donors (Lipinski definition) is 2. The summed E-state index contributed by atoms with van der Waals surface area (Å²) in [7, 11) is 0. The van der Waals surface area contributed by atoms with Crippen molar-refractivity contribution >= 4 is 28.3 Å². The molecule has 0 amide bonds. The van der Waals surface area contributed by atoms with Gasteiger partial charge in [0.1, 0.15) is 0 Å². The van der Waals surface area contributed by atoms with Gasteiger partial charge in [-0.3, -0.25) is 14.7 Å². The first-order valence-electron chi connectivity index (χ1n) is 10.8. The Balaban J connectivity index is 1.63. The Bertz CT molecular complexity index is 1280. The van der Waals surface area contributed by atoms with Crippen molar-refractivity contribution in [1.29, 1.82) is 0 Å². The van der Waals surface area contributed by atoms with Crippen molar-refractivity contribution in [3.05, 3.63) is 93.0 Å². The quantitative estimate of drug-likeness (QED) is 0.388. The number of aromatic nitrogens is 3. The molecule has 0 spiro atoms. The zero-order valence-electron chi connectivity index (χ0n) is 17.1. The third-order valence-corrected chi connectivity index (χ3v) is 6.59. The van der Waals surface area contributed by atoms with Gasteiger partial charge < -0.3 is 4.98 Å². The van der Waals surface area contributed by atoms with E-state index < -0.39 is 5.92 Å². The Hall–Kier alpha value is -3.05. The first-order valence-corrected chi connectivity index (χ1v) is 11.2. The normalized spacial score (nSPS) is 15.9. The molecule has 2 N–H and O–H groups in total. The van der Waals surface area contributed by atoms with Crippen molar-refractivity contribution in [2.45, 2.75) is 44.1 Å². The highest BCUT2D eigenvalue weighted by Gasteiger charge is 2.30. The summed E-state index contributed by atoms with van der Waals surface area (Å²) in [5.74, 6) is -0.687. The summed E-state index contributed by atoms with van der Waals surface area (Å²) in [5, 5.41) is 4.86. The van der Waals surface area contributed by atoms with Crippen molar-refractivity contribution in [3.63, 3.8) is 0 Å². The van der Waals surface area contributed by atoms with Crippen LogP contribution in [0.2, 0.25) is 5.02 Å². The number of hydrogen-bond acceptors (Lipinski definition) is 2. The van der Waals surface area contributed by atoms with E-state index in [9.17, 15) is 9.59 Å². The van der Waals surface area contributed by atoms with Crippen LogP contribution in [-0.4, -0.2) is 20.5 Å². The van der Waals surface area contributed by atoms with E-state index in [2.05, 4.69) is 10.1 Å². The number of benzene rings is 2. The molecule has 4 aromatic rings. The third-order valence-electron chi connectivity index (χ3n) is 6.34. The number of nitrogens with one attached hydrogen (secondary N) is 2. The molecule has 2 aromatic heterocycles.